The molecule has 1 rings (SSSR count). The van der Waals surface area contributed by atoms with E-state index in [-0.39, 0.29) is 6.04 Å². The number of hydrogen-bond acceptors (Lipinski definition) is 2. The molecular weight excluding hydrogens is 174 g/mol. The maximum atomic E-state index is 5.69. The van der Waals surface area contributed by atoms with Gasteiger partial charge in [-0.15, -0.1) is 0 Å². The summed E-state index contributed by atoms with van der Waals surface area (Å²) in [4.78, 5) is 0. The summed E-state index contributed by atoms with van der Waals surface area (Å²) in [6, 6.07) is -0.0236. The fourth-order valence-electron chi connectivity index (χ4n) is 1.06. The molecule has 1 aromatic rings. The van der Waals surface area contributed by atoms with Gasteiger partial charge in [0.15, 0.2) is 0 Å². The standard InChI is InChI=1S/C11H17N3/c1-3-7-14-9-10(8-13-14)5-6-11(12)4-2/h8-9,11H,3-4,7,12H2,1-2H3. The van der Waals surface area contributed by atoms with E-state index in [4.69, 9.17) is 5.73 Å². The van der Waals surface area contributed by atoms with E-state index in [0.717, 1.165) is 24.9 Å². The van der Waals surface area contributed by atoms with E-state index in [2.05, 4.69) is 23.9 Å². The Bertz CT molecular complexity index is 330. The molecule has 0 aliphatic heterocycles. The van der Waals surface area contributed by atoms with Crippen LogP contribution in [0.3, 0.4) is 0 Å². The summed E-state index contributed by atoms with van der Waals surface area (Å²) < 4.78 is 1.90. The smallest absolute Gasteiger partial charge is 0.0665 e. The molecule has 0 fully saturated rings. The lowest BCUT2D eigenvalue weighted by molar-refractivity contribution is 0.602. The Morgan fingerprint density at radius 3 is 3.00 bits per heavy atom. The maximum Gasteiger partial charge on any atom is 0.0665 e. The zero-order chi connectivity index (χ0) is 10.4. The van der Waals surface area contributed by atoms with E-state index in [1.807, 2.05) is 17.8 Å². The first-order valence-corrected chi connectivity index (χ1v) is 5.05. The normalized spacial score (nSPS) is 11.9. The van der Waals surface area contributed by atoms with Crippen LogP contribution >= 0.6 is 0 Å². The number of hydrogen-bond donors (Lipinski definition) is 1. The molecule has 0 aromatic carbocycles. The molecule has 1 atom stereocenters. The Hall–Kier alpha value is -1.27. The Balaban J connectivity index is 2.61. The lowest BCUT2D eigenvalue weighted by atomic mass is 10.2. The van der Waals surface area contributed by atoms with E-state index in [1.54, 1.807) is 6.20 Å². The minimum Gasteiger partial charge on any atom is -0.318 e. The van der Waals surface area contributed by atoms with E-state index in [9.17, 15) is 0 Å². The second-order valence-corrected chi connectivity index (χ2v) is 3.28. The first-order valence-electron chi connectivity index (χ1n) is 5.05. The predicted molar refractivity (Wildman–Crippen MR) is 57.7 cm³/mol. The number of nitrogens with two attached hydrogens (primary N) is 1. The van der Waals surface area contributed by atoms with Gasteiger partial charge < -0.3 is 5.73 Å². The SMILES string of the molecule is CCCn1cc(C#CC(N)CC)cn1. The van der Waals surface area contributed by atoms with Crippen molar-refractivity contribution in [3.05, 3.63) is 18.0 Å². The third kappa shape index (κ3) is 3.23. The highest BCUT2D eigenvalue weighted by Gasteiger charge is 1.94. The second-order valence-electron chi connectivity index (χ2n) is 3.28. The summed E-state index contributed by atoms with van der Waals surface area (Å²) in [5, 5.41) is 4.18. The number of aromatic nitrogens is 2. The average Bonchev–Trinajstić information content (AvgIpc) is 2.63. The fourth-order valence-corrected chi connectivity index (χ4v) is 1.06. The lowest BCUT2D eigenvalue weighted by Gasteiger charge is -1.94. The largest absolute Gasteiger partial charge is 0.318 e. The van der Waals surface area contributed by atoms with Crippen molar-refractivity contribution in [1.29, 1.82) is 0 Å². The van der Waals surface area contributed by atoms with Crippen LogP contribution in [-0.2, 0) is 6.54 Å². The minimum absolute atomic E-state index is 0.0236. The van der Waals surface area contributed by atoms with Crippen molar-refractivity contribution in [2.75, 3.05) is 0 Å². The molecule has 0 saturated carbocycles. The molecule has 3 nitrogen and oxygen atoms in total. The summed E-state index contributed by atoms with van der Waals surface area (Å²) in [5.41, 5.74) is 6.63. The van der Waals surface area contributed by atoms with Crippen LogP contribution in [0.25, 0.3) is 0 Å². The molecule has 14 heavy (non-hydrogen) atoms. The van der Waals surface area contributed by atoms with Crippen LogP contribution in [0.4, 0.5) is 0 Å². The summed E-state index contributed by atoms with van der Waals surface area (Å²) in [7, 11) is 0. The summed E-state index contributed by atoms with van der Waals surface area (Å²) in [5.74, 6) is 5.99. The molecule has 0 bridgehead atoms. The number of rotatable bonds is 3. The highest BCUT2D eigenvalue weighted by Crippen LogP contribution is 1.96. The maximum absolute atomic E-state index is 5.69. The Kier molecular flexibility index (Phi) is 4.21. The molecule has 0 radical (unpaired) electrons. The van der Waals surface area contributed by atoms with Crippen LogP contribution in [0.1, 0.15) is 32.3 Å². The van der Waals surface area contributed by atoms with Gasteiger partial charge in [-0.3, -0.25) is 4.68 Å². The minimum atomic E-state index is -0.0236. The Morgan fingerprint density at radius 1 is 1.57 bits per heavy atom. The van der Waals surface area contributed by atoms with Crippen molar-refractivity contribution in [3.8, 4) is 11.8 Å². The van der Waals surface area contributed by atoms with Gasteiger partial charge in [-0.05, 0) is 12.8 Å². The molecule has 3 heteroatoms. The lowest BCUT2D eigenvalue weighted by Crippen LogP contribution is -2.15. The van der Waals surface area contributed by atoms with E-state index in [0.29, 0.717) is 0 Å². The monoisotopic (exact) mass is 191 g/mol. The van der Waals surface area contributed by atoms with Crippen LogP contribution < -0.4 is 5.73 Å². The summed E-state index contributed by atoms with van der Waals surface area (Å²) >= 11 is 0. The molecular formula is C11H17N3. The number of aryl methyl sites for hydroxylation is 1. The van der Waals surface area contributed by atoms with Gasteiger partial charge >= 0.3 is 0 Å². The molecule has 1 heterocycles. The Labute approximate surface area is 85.3 Å². The van der Waals surface area contributed by atoms with Gasteiger partial charge in [-0.2, -0.15) is 5.10 Å². The molecule has 0 amide bonds. The van der Waals surface area contributed by atoms with E-state index >= 15 is 0 Å². The fraction of sp³-hybridized carbons (Fsp3) is 0.545. The quantitative estimate of drug-likeness (QED) is 0.733. The van der Waals surface area contributed by atoms with Crippen LogP contribution in [0.15, 0.2) is 12.4 Å². The molecule has 0 saturated heterocycles. The van der Waals surface area contributed by atoms with Crippen LogP contribution in [0.2, 0.25) is 0 Å². The zero-order valence-corrected chi connectivity index (χ0v) is 8.83. The highest BCUT2D eigenvalue weighted by atomic mass is 15.3. The van der Waals surface area contributed by atoms with Crippen LogP contribution in [0.5, 0.6) is 0 Å². The van der Waals surface area contributed by atoms with Gasteiger partial charge in [-0.25, -0.2) is 0 Å². The zero-order valence-electron chi connectivity index (χ0n) is 8.83. The van der Waals surface area contributed by atoms with Crippen molar-refractivity contribution in [3.63, 3.8) is 0 Å². The van der Waals surface area contributed by atoms with Crippen molar-refractivity contribution < 1.29 is 0 Å². The summed E-state index contributed by atoms with van der Waals surface area (Å²) in [6.07, 6.45) is 5.71. The molecule has 1 aromatic heterocycles. The average molecular weight is 191 g/mol. The van der Waals surface area contributed by atoms with Gasteiger partial charge in [0.1, 0.15) is 0 Å². The van der Waals surface area contributed by atoms with Crippen molar-refractivity contribution >= 4 is 0 Å². The van der Waals surface area contributed by atoms with Gasteiger partial charge in [0.2, 0.25) is 0 Å². The predicted octanol–water partition coefficient (Wildman–Crippen LogP) is 1.38. The molecule has 0 spiro atoms. The third-order valence-electron chi connectivity index (χ3n) is 1.93. The van der Waals surface area contributed by atoms with Crippen LogP contribution in [-0.4, -0.2) is 15.8 Å². The molecule has 0 aliphatic carbocycles. The summed E-state index contributed by atoms with van der Waals surface area (Å²) in [6.45, 7) is 5.10. The van der Waals surface area contributed by atoms with Gasteiger partial charge in [0.25, 0.3) is 0 Å². The van der Waals surface area contributed by atoms with Gasteiger partial charge in [0, 0.05) is 12.7 Å². The third-order valence-corrected chi connectivity index (χ3v) is 1.93. The highest BCUT2D eigenvalue weighted by molar-refractivity contribution is 5.31. The number of nitrogens with zero attached hydrogens (tertiary/aromatic N) is 2. The first kappa shape index (κ1) is 10.8. The van der Waals surface area contributed by atoms with E-state index < -0.39 is 0 Å². The van der Waals surface area contributed by atoms with Crippen molar-refractivity contribution in [1.82, 2.24) is 9.78 Å². The Morgan fingerprint density at radius 2 is 2.36 bits per heavy atom. The molecule has 2 N–H and O–H groups in total. The topological polar surface area (TPSA) is 43.8 Å². The second kappa shape index (κ2) is 5.46. The molecule has 0 aliphatic rings. The first-order chi connectivity index (χ1) is 6.76. The van der Waals surface area contributed by atoms with Gasteiger partial charge in [-0.1, -0.05) is 25.7 Å². The molecule has 1 unspecified atom stereocenters. The van der Waals surface area contributed by atoms with Crippen molar-refractivity contribution in [2.45, 2.75) is 39.3 Å². The van der Waals surface area contributed by atoms with E-state index in [1.165, 1.54) is 0 Å². The molecule has 76 valence electrons. The van der Waals surface area contributed by atoms with Crippen molar-refractivity contribution in [2.24, 2.45) is 5.73 Å². The van der Waals surface area contributed by atoms with Gasteiger partial charge in [0.05, 0.1) is 17.8 Å². The van der Waals surface area contributed by atoms with Crippen LogP contribution in [0, 0.1) is 11.8 Å².